The second-order valence-corrected chi connectivity index (χ2v) is 3.95. The molecule has 1 N–H and O–H groups in total. The number of unbranched alkanes of at least 4 members (excludes halogenated alkanes) is 1. The van der Waals surface area contributed by atoms with Crippen LogP contribution in [0.1, 0.15) is 43.5 Å². The molecular formula is C13H18O2. The zero-order valence-electron chi connectivity index (χ0n) is 9.36. The third-order valence-electron chi connectivity index (χ3n) is 2.59. The lowest BCUT2D eigenvalue weighted by Crippen LogP contribution is -2.10. The predicted octanol–water partition coefficient (Wildman–Crippen LogP) is 3.40. The van der Waals surface area contributed by atoms with E-state index in [0.29, 0.717) is 5.56 Å². The quantitative estimate of drug-likeness (QED) is 0.750. The molecule has 0 aliphatic rings. The molecule has 82 valence electrons. The number of hydrogen-bond donors (Lipinski definition) is 1. The molecule has 1 aromatic rings. The fourth-order valence-corrected chi connectivity index (χ4v) is 1.55. The molecule has 0 radical (unpaired) electrons. The van der Waals surface area contributed by atoms with Gasteiger partial charge >= 0.3 is 0 Å². The molecule has 0 saturated carbocycles. The predicted molar refractivity (Wildman–Crippen MR) is 61.1 cm³/mol. The van der Waals surface area contributed by atoms with Gasteiger partial charge < -0.3 is 5.11 Å². The summed E-state index contributed by atoms with van der Waals surface area (Å²) in [6.45, 7) is 4.09. The van der Waals surface area contributed by atoms with Crippen LogP contribution in [-0.2, 0) is 0 Å². The van der Waals surface area contributed by atoms with Gasteiger partial charge in [0.1, 0.15) is 5.75 Å². The molecule has 1 aromatic carbocycles. The molecule has 0 heterocycles. The monoisotopic (exact) mass is 206 g/mol. The second-order valence-electron chi connectivity index (χ2n) is 3.95. The lowest BCUT2D eigenvalue weighted by Gasteiger charge is -2.09. The molecule has 2 heteroatoms. The van der Waals surface area contributed by atoms with E-state index in [1.165, 1.54) is 0 Å². The molecule has 0 spiro atoms. The number of Topliss-reactive ketones (excluding diaryl/α,β-unsaturated/α-hetero) is 1. The minimum atomic E-state index is 0.0782. The minimum Gasteiger partial charge on any atom is -0.508 e. The Hall–Kier alpha value is -1.31. The van der Waals surface area contributed by atoms with Crippen LogP contribution in [0.2, 0.25) is 0 Å². The van der Waals surface area contributed by atoms with E-state index in [4.69, 9.17) is 5.11 Å². The molecule has 0 aromatic heterocycles. The van der Waals surface area contributed by atoms with Gasteiger partial charge in [-0.25, -0.2) is 0 Å². The number of hydrogen-bond acceptors (Lipinski definition) is 2. The first-order valence-corrected chi connectivity index (χ1v) is 5.48. The first-order valence-electron chi connectivity index (χ1n) is 5.48. The van der Waals surface area contributed by atoms with Gasteiger partial charge in [-0.3, -0.25) is 4.79 Å². The fraction of sp³-hybridized carbons (Fsp3) is 0.462. The van der Waals surface area contributed by atoms with Crippen molar-refractivity contribution in [2.75, 3.05) is 0 Å². The molecule has 0 aliphatic carbocycles. The second kappa shape index (κ2) is 5.54. The maximum Gasteiger partial charge on any atom is 0.165 e. The van der Waals surface area contributed by atoms with Crippen molar-refractivity contribution in [1.29, 1.82) is 0 Å². The molecule has 15 heavy (non-hydrogen) atoms. The van der Waals surface area contributed by atoms with Crippen LogP contribution in [0.25, 0.3) is 0 Å². The Kier molecular flexibility index (Phi) is 4.35. The minimum absolute atomic E-state index is 0.0782. The SMILES string of the molecule is CCCCC(C)C(=O)c1ccc(O)cc1. The first kappa shape index (κ1) is 11.8. The summed E-state index contributed by atoms with van der Waals surface area (Å²) in [5.74, 6) is 0.450. The average molecular weight is 206 g/mol. The van der Waals surface area contributed by atoms with Crippen LogP contribution in [-0.4, -0.2) is 10.9 Å². The van der Waals surface area contributed by atoms with Crippen molar-refractivity contribution >= 4 is 5.78 Å². The Morgan fingerprint density at radius 3 is 2.47 bits per heavy atom. The van der Waals surface area contributed by atoms with E-state index in [-0.39, 0.29) is 17.5 Å². The van der Waals surface area contributed by atoms with E-state index in [1.807, 2.05) is 6.92 Å². The molecule has 0 bridgehead atoms. The van der Waals surface area contributed by atoms with Crippen molar-refractivity contribution in [3.05, 3.63) is 29.8 Å². The third-order valence-corrected chi connectivity index (χ3v) is 2.59. The maximum absolute atomic E-state index is 11.9. The van der Waals surface area contributed by atoms with Crippen LogP contribution >= 0.6 is 0 Å². The van der Waals surface area contributed by atoms with Crippen LogP contribution in [0.3, 0.4) is 0 Å². The Balaban J connectivity index is 2.63. The van der Waals surface area contributed by atoms with Crippen molar-refractivity contribution in [3.8, 4) is 5.75 Å². The summed E-state index contributed by atoms with van der Waals surface area (Å²) >= 11 is 0. The summed E-state index contributed by atoms with van der Waals surface area (Å²) < 4.78 is 0. The number of ketones is 1. The number of aromatic hydroxyl groups is 1. The zero-order chi connectivity index (χ0) is 11.3. The molecule has 0 fully saturated rings. The van der Waals surface area contributed by atoms with Gasteiger partial charge in [-0.2, -0.15) is 0 Å². The molecular weight excluding hydrogens is 188 g/mol. The normalized spacial score (nSPS) is 12.4. The van der Waals surface area contributed by atoms with Gasteiger partial charge in [0.05, 0.1) is 0 Å². The average Bonchev–Trinajstić information content (AvgIpc) is 2.26. The smallest absolute Gasteiger partial charge is 0.165 e. The highest BCUT2D eigenvalue weighted by molar-refractivity contribution is 5.97. The van der Waals surface area contributed by atoms with Crippen LogP contribution in [0, 0.1) is 5.92 Å². The third kappa shape index (κ3) is 3.39. The molecule has 2 nitrogen and oxygen atoms in total. The lowest BCUT2D eigenvalue weighted by atomic mass is 9.94. The van der Waals surface area contributed by atoms with E-state index >= 15 is 0 Å². The summed E-state index contributed by atoms with van der Waals surface area (Å²) in [6.07, 6.45) is 3.15. The van der Waals surface area contributed by atoms with Gasteiger partial charge in [0.25, 0.3) is 0 Å². The van der Waals surface area contributed by atoms with Crippen molar-refractivity contribution in [2.45, 2.75) is 33.1 Å². The molecule has 0 amide bonds. The van der Waals surface area contributed by atoms with Gasteiger partial charge in [-0.15, -0.1) is 0 Å². The molecule has 0 aliphatic heterocycles. The number of rotatable bonds is 5. The zero-order valence-corrected chi connectivity index (χ0v) is 9.36. The Bertz CT molecular complexity index is 314. The molecule has 1 atom stereocenters. The van der Waals surface area contributed by atoms with Gasteiger partial charge in [0.2, 0.25) is 0 Å². The summed E-state index contributed by atoms with van der Waals surface area (Å²) in [6, 6.07) is 6.47. The Morgan fingerprint density at radius 2 is 1.93 bits per heavy atom. The number of carbonyl (C=O) groups is 1. The molecule has 1 unspecified atom stereocenters. The van der Waals surface area contributed by atoms with Gasteiger partial charge in [-0.1, -0.05) is 26.7 Å². The van der Waals surface area contributed by atoms with Gasteiger partial charge in [0.15, 0.2) is 5.78 Å². The standard InChI is InChI=1S/C13H18O2/c1-3-4-5-10(2)13(15)11-6-8-12(14)9-7-11/h6-10,14H,3-5H2,1-2H3. The summed E-state index contributed by atoms with van der Waals surface area (Å²) in [5, 5.41) is 9.11. The Morgan fingerprint density at radius 1 is 1.33 bits per heavy atom. The van der Waals surface area contributed by atoms with E-state index in [1.54, 1.807) is 24.3 Å². The highest BCUT2D eigenvalue weighted by Crippen LogP contribution is 2.17. The fourth-order valence-electron chi connectivity index (χ4n) is 1.55. The van der Waals surface area contributed by atoms with Gasteiger partial charge in [-0.05, 0) is 30.7 Å². The van der Waals surface area contributed by atoms with Crippen molar-refractivity contribution in [1.82, 2.24) is 0 Å². The topological polar surface area (TPSA) is 37.3 Å². The maximum atomic E-state index is 11.9. The van der Waals surface area contributed by atoms with E-state index in [9.17, 15) is 4.79 Å². The highest BCUT2D eigenvalue weighted by Gasteiger charge is 2.14. The Labute approximate surface area is 90.9 Å². The van der Waals surface area contributed by atoms with Crippen LogP contribution in [0.5, 0.6) is 5.75 Å². The van der Waals surface area contributed by atoms with E-state index in [2.05, 4.69) is 6.92 Å². The van der Waals surface area contributed by atoms with Crippen LogP contribution in [0.4, 0.5) is 0 Å². The number of phenols is 1. The lowest BCUT2D eigenvalue weighted by molar-refractivity contribution is 0.0922. The summed E-state index contributed by atoms with van der Waals surface area (Å²) in [7, 11) is 0. The summed E-state index contributed by atoms with van der Waals surface area (Å²) in [4.78, 5) is 11.9. The number of benzene rings is 1. The molecule has 1 rings (SSSR count). The van der Waals surface area contributed by atoms with E-state index < -0.39 is 0 Å². The van der Waals surface area contributed by atoms with E-state index in [0.717, 1.165) is 19.3 Å². The van der Waals surface area contributed by atoms with Crippen LogP contribution < -0.4 is 0 Å². The number of phenolic OH excluding ortho intramolecular Hbond substituents is 1. The highest BCUT2D eigenvalue weighted by atomic mass is 16.3. The summed E-state index contributed by atoms with van der Waals surface area (Å²) in [5.41, 5.74) is 0.691. The first-order chi connectivity index (χ1) is 7.15. The molecule has 0 saturated heterocycles. The van der Waals surface area contributed by atoms with Crippen LogP contribution in [0.15, 0.2) is 24.3 Å². The van der Waals surface area contributed by atoms with Crippen molar-refractivity contribution in [2.24, 2.45) is 5.92 Å². The van der Waals surface area contributed by atoms with Crippen molar-refractivity contribution < 1.29 is 9.90 Å². The number of carbonyl (C=O) groups excluding carboxylic acids is 1. The van der Waals surface area contributed by atoms with Crippen molar-refractivity contribution in [3.63, 3.8) is 0 Å². The largest absolute Gasteiger partial charge is 0.508 e. The van der Waals surface area contributed by atoms with Gasteiger partial charge in [0, 0.05) is 11.5 Å².